The zero-order valence-electron chi connectivity index (χ0n) is 12.0. The maximum atomic E-state index is 5.62. The van der Waals surface area contributed by atoms with Gasteiger partial charge in [-0.2, -0.15) is 0 Å². The Morgan fingerprint density at radius 2 is 2.26 bits per heavy atom. The summed E-state index contributed by atoms with van der Waals surface area (Å²) >= 11 is 0. The molecule has 2 heterocycles. The Kier molecular flexibility index (Phi) is 5.67. The normalized spacial score (nSPS) is 19.4. The molecule has 1 aromatic rings. The predicted octanol–water partition coefficient (Wildman–Crippen LogP) is 3.36. The van der Waals surface area contributed by atoms with Crippen molar-refractivity contribution in [3.05, 3.63) is 36.8 Å². The standard InChI is InChI=1S/C16H26N2O/c1-3-4-8-14(2)17-13-15(16-9-7-12-19-16)18-10-5-6-11-18/h3,7,9,12,14-15,17H,1,4-6,8,10-11,13H2,2H3. The van der Waals surface area contributed by atoms with Gasteiger partial charge in [0.1, 0.15) is 5.76 Å². The third-order valence-corrected chi connectivity index (χ3v) is 3.92. The quantitative estimate of drug-likeness (QED) is 0.728. The molecule has 3 nitrogen and oxygen atoms in total. The topological polar surface area (TPSA) is 28.4 Å². The maximum absolute atomic E-state index is 5.62. The lowest BCUT2D eigenvalue weighted by molar-refractivity contribution is 0.205. The van der Waals surface area contributed by atoms with Gasteiger partial charge in [-0.3, -0.25) is 4.90 Å². The Morgan fingerprint density at radius 3 is 2.89 bits per heavy atom. The number of nitrogens with zero attached hydrogens (tertiary/aromatic N) is 1. The van der Waals surface area contributed by atoms with E-state index in [1.165, 1.54) is 25.9 Å². The summed E-state index contributed by atoms with van der Waals surface area (Å²) in [5.41, 5.74) is 0. The molecule has 1 aliphatic rings. The molecule has 3 heteroatoms. The molecule has 2 unspecified atom stereocenters. The van der Waals surface area contributed by atoms with E-state index >= 15 is 0 Å². The van der Waals surface area contributed by atoms with Gasteiger partial charge in [0.2, 0.25) is 0 Å². The van der Waals surface area contributed by atoms with Gasteiger partial charge in [0.25, 0.3) is 0 Å². The first kappa shape index (κ1) is 14.4. The van der Waals surface area contributed by atoms with Crippen molar-refractivity contribution in [3.8, 4) is 0 Å². The third-order valence-electron chi connectivity index (χ3n) is 3.92. The van der Waals surface area contributed by atoms with Crippen LogP contribution in [-0.4, -0.2) is 30.6 Å². The number of nitrogens with one attached hydrogen (secondary N) is 1. The van der Waals surface area contributed by atoms with Crippen LogP contribution in [0.4, 0.5) is 0 Å². The zero-order valence-corrected chi connectivity index (χ0v) is 12.0. The molecule has 0 aliphatic carbocycles. The van der Waals surface area contributed by atoms with Gasteiger partial charge < -0.3 is 9.73 Å². The third kappa shape index (κ3) is 4.22. The minimum atomic E-state index is 0.378. The molecule has 2 atom stereocenters. The highest BCUT2D eigenvalue weighted by Crippen LogP contribution is 2.25. The van der Waals surface area contributed by atoms with Crippen LogP contribution in [0, 0.1) is 0 Å². The summed E-state index contributed by atoms with van der Waals surface area (Å²) in [7, 11) is 0. The monoisotopic (exact) mass is 262 g/mol. The van der Waals surface area contributed by atoms with E-state index in [1.54, 1.807) is 6.26 Å². The summed E-state index contributed by atoms with van der Waals surface area (Å²) in [5, 5.41) is 3.63. The Balaban J connectivity index is 1.89. The predicted molar refractivity (Wildman–Crippen MR) is 79.2 cm³/mol. The van der Waals surface area contributed by atoms with E-state index in [1.807, 2.05) is 12.1 Å². The van der Waals surface area contributed by atoms with Crippen LogP contribution in [0.15, 0.2) is 35.5 Å². The molecule has 0 amide bonds. The molecule has 0 aromatic carbocycles. The van der Waals surface area contributed by atoms with Crippen LogP contribution in [-0.2, 0) is 0 Å². The van der Waals surface area contributed by atoms with E-state index in [4.69, 9.17) is 4.42 Å². The second-order valence-electron chi connectivity index (χ2n) is 5.45. The fourth-order valence-corrected chi connectivity index (χ4v) is 2.73. The van der Waals surface area contributed by atoms with Gasteiger partial charge in [-0.25, -0.2) is 0 Å². The molecule has 2 rings (SSSR count). The molecule has 1 aliphatic heterocycles. The van der Waals surface area contributed by atoms with Crippen molar-refractivity contribution in [1.82, 2.24) is 10.2 Å². The molecule has 1 saturated heterocycles. The number of allylic oxidation sites excluding steroid dienone is 1. The van der Waals surface area contributed by atoms with Crippen LogP contribution in [0.1, 0.15) is 44.4 Å². The fourth-order valence-electron chi connectivity index (χ4n) is 2.73. The first-order chi connectivity index (χ1) is 9.31. The van der Waals surface area contributed by atoms with E-state index in [-0.39, 0.29) is 0 Å². The maximum Gasteiger partial charge on any atom is 0.122 e. The minimum absolute atomic E-state index is 0.378. The van der Waals surface area contributed by atoms with Gasteiger partial charge in [-0.1, -0.05) is 6.08 Å². The lowest BCUT2D eigenvalue weighted by Crippen LogP contribution is -2.37. The van der Waals surface area contributed by atoms with Crippen molar-refractivity contribution >= 4 is 0 Å². The van der Waals surface area contributed by atoms with Crippen molar-refractivity contribution in [1.29, 1.82) is 0 Å². The van der Waals surface area contributed by atoms with Gasteiger partial charge in [0.05, 0.1) is 12.3 Å². The van der Waals surface area contributed by atoms with Gasteiger partial charge in [-0.05, 0) is 57.8 Å². The molecular formula is C16H26N2O. The van der Waals surface area contributed by atoms with Crippen LogP contribution in [0.5, 0.6) is 0 Å². The van der Waals surface area contributed by atoms with Crippen LogP contribution >= 0.6 is 0 Å². The smallest absolute Gasteiger partial charge is 0.122 e. The number of furan rings is 1. The summed E-state index contributed by atoms with van der Waals surface area (Å²) in [4.78, 5) is 2.53. The van der Waals surface area contributed by atoms with E-state index in [2.05, 4.69) is 29.8 Å². The molecule has 106 valence electrons. The minimum Gasteiger partial charge on any atom is -0.468 e. The SMILES string of the molecule is C=CCCC(C)NCC(c1ccco1)N1CCCC1. The van der Waals surface area contributed by atoms with Crippen molar-refractivity contribution in [3.63, 3.8) is 0 Å². The first-order valence-electron chi connectivity index (χ1n) is 7.43. The average Bonchev–Trinajstić information content (AvgIpc) is 3.09. The van der Waals surface area contributed by atoms with E-state index in [9.17, 15) is 0 Å². The second kappa shape index (κ2) is 7.51. The highest BCUT2D eigenvalue weighted by molar-refractivity contribution is 5.06. The van der Waals surface area contributed by atoms with Gasteiger partial charge >= 0.3 is 0 Å². The van der Waals surface area contributed by atoms with Crippen molar-refractivity contribution in [2.75, 3.05) is 19.6 Å². The second-order valence-corrected chi connectivity index (χ2v) is 5.45. The van der Waals surface area contributed by atoms with Crippen molar-refractivity contribution in [2.45, 2.75) is 44.7 Å². The largest absolute Gasteiger partial charge is 0.468 e. The van der Waals surface area contributed by atoms with Crippen molar-refractivity contribution in [2.24, 2.45) is 0 Å². The number of rotatable bonds is 8. The highest BCUT2D eigenvalue weighted by atomic mass is 16.3. The molecule has 19 heavy (non-hydrogen) atoms. The van der Waals surface area contributed by atoms with E-state index in [0.717, 1.165) is 25.1 Å². The highest BCUT2D eigenvalue weighted by Gasteiger charge is 2.25. The summed E-state index contributed by atoms with van der Waals surface area (Å²) in [5.74, 6) is 1.09. The molecule has 1 N–H and O–H groups in total. The molecule has 1 aromatic heterocycles. The molecule has 0 bridgehead atoms. The Morgan fingerprint density at radius 1 is 1.47 bits per heavy atom. The fraction of sp³-hybridized carbons (Fsp3) is 0.625. The van der Waals surface area contributed by atoms with Crippen LogP contribution < -0.4 is 5.32 Å². The van der Waals surface area contributed by atoms with Crippen LogP contribution in [0.2, 0.25) is 0 Å². The number of hydrogen-bond donors (Lipinski definition) is 1. The summed E-state index contributed by atoms with van der Waals surface area (Å²) in [6, 6.07) is 4.99. The Labute approximate surface area is 116 Å². The van der Waals surface area contributed by atoms with E-state index < -0.39 is 0 Å². The zero-order chi connectivity index (χ0) is 13.5. The lowest BCUT2D eigenvalue weighted by atomic mass is 10.1. The molecular weight excluding hydrogens is 236 g/mol. The number of likely N-dealkylation sites (tertiary alicyclic amines) is 1. The molecule has 1 fully saturated rings. The first-order valence-corrected chi connectivity index (χ1v) is 7.43. The van der Waals surface area contributed by atoms with Gasteiger partial charge in [0, 0.05) is 12.6 Å². The number of hydrogen-bond acceptors (Lipinski definition) is 3. The van der Waals surface area contributed by atoms with E-state index in [0.29, 0.717) is 12.1 Å². The van der Waals surface area contributed by atoms with Gasteiger partial charge in [0.15, 0.2) is 0 Å². The van der Waals surface area contributed by atoms with Crippen LogP contribution in [0.3, 0.4) is 0 Å². The lowest BCUT2D eigenvalue weighted by Gasteiger charge is -2.27. The summed E-state index contributed by atoms with van der Waals surface area (Å²) < 4.78 is 5.62. The summed E-state index contributed by atoms with van der Waals surface area (Å²) in [6.07, 6.45) is 8.60. The molecule has 0 radical (unpaired) electrons. The van der Waals surface area contributed by atoms with Crippen molar-refractivity contribution < 1.29 is 4.42 Å². The molecule has 0 spiro atoms. The van der Waals surface area contributed by atoms with Crippen LogP contribution in [0.25, 0.3) is 0 Å². The Hall–Kier alpha value is -1.06. The average molecular weight is 262 g/mol. The summed E-state index contributed by atoms with van der Waals surface area (Å²) in [6.45, 7) is 9.36. The molecule has 0 saturated carbocycles. The Bertz CT molecular complexity index is 355. The van der Waals surface area contributed by atoms with Gasteiger partial charge in [-0.15, -0.1) is 6.58 Å².